The van der Waals surface area contributed by atoms with Crippen LogP contribution in [0.4, 0.5) is 11.5 Å². The number of nitrogens with one attached hydrogen (secondary N) is 1. The average molecular weight is 262 g/mol. The van der Waals surface area contributed by atoms with Gasteiger partial charge in [-0.1, -0.05) is 17.7 Å². The van der Waals surface area contributed by atoms with E-state index in [-0.39, 0.29) is 5.91 Å². The fraction of sp³-hybridized carbons (Fsp3) is 0.0769. The Labute approximate surface area is 110 Å². The second-order valence-corrected chi connectivity index (χ2v) is 4.27. The molecule has 1 heterocycles. The Kier molecular flexibility index (Phi) is 3.48. The number of rotatable bonds is 2. The smallest absolute Gasteiger partial charge is 0.258 e. The van der Waals surface area contributed by atoms with E-state index >= 15 is 0 Å². The molecule has 0 bridgehead atoms. The number of nitrogens with two attached hydrogens (primary N) is 1. The van der Waals surface area contributed by atoms with E-state index in [1.165, 1.54) is 6.07 Å². The van der Waals surface area contributed by atoms with Crippen LogP contribution in [0, 0.1) is 6.92 Å². The zero-order valence-electron chi connectivity index (χ0n) is 9.77. The van der Waals surface area contributed by atoms with E-state index < -0.39 is 0 Å². The summed E-state index contributed by atoms with van der Waals surface area (Å²) in [5.41, 5.74) is 7.34. The maximum Gasteiger partial charge on any atom is 0.258 e. The SMILES string of the molecule is Cc1cccnc1NC(=O)c1cc(N)ccc1Cl. The molecule has 5 heteroatoms. The van der Waals surface area contributed by atoms with Crippen molar-refractivity contribution in [3.8, 4) is 0 Å². The molecule has 2 aromatic rings. The largest absolute Gasteiger partial charge is 0.399 e. The quantitative estimate of drug-likeness (QED) is 0.817. The molecule has 0 aliphatic heterocycles. The number of anilines is 2. The van der Waals surface area contributed by atoms with E-state index in [2.05, 4.69) is 10.3 Å². The van der Waals surface area contributed by atoms with Crippen molar-refractivity contribution in [2.75, 3.05) is 11.1 Å². The minimum atomic E-state index is -0.325. The number of nitrogen functional groups attached to an aromatic ring is 1. The van der Waals surface area contributed by atoms with Gasteiger partial charge in [0.1, 0.15) is 5.82 Å². The molecule has 2 rings (SSSR count). The molecule has 0 spiro atoms. The van der Waals surface area contributed by atoms with E-state index in [0.717, 1.165) is 5.56 Å². The maximum absolute atomic E-state index is 12.0. The lowest BCUT2D eigenvalue weighted by Crippen LogP contribution is -2.14. The van der Waals surface area contributed by atoms with Crippen LogP contribution in [0.2, 0.25) is 5.02 Å². The first kappa shape index (κ1) is 12.4. The Morgan fingerprint density at radius 3 is 2.89 bits per heavy atom. The van der Waals surface area contributed by atoms with Crippen molar-refractivity contribution in [1.82, 2.24) is 4.98 Å². The van der Waals surface area contributed by atoms with Gasteiger partial charge in [0.2, 0.25) is 0 Å². The molecule has 0 radical (unpaired) electrons. The highest BCUT2D eigenvalue weighted by Crippen LogP contribution is 2.20. The van der Waals surface area contributed by atoms with Gasteiger partial charge in [0, 0.05) is 11.9 Å². The summed E-state index contributed by atoms with van der Waals surface area (Å²) >= 11 is 5.96. The maximum atomic E-state index is 12.0. The average Bonchev–Trinajstić information content (AvgIpc) is 2.35. The van der Waals surface area contributed by atoms with Gasteiger partial charge in [-0.25, -0.2) is 4.98 Å². The summed E-state index contributed by atoms with van der Waals surface area (Å²) in [6.45, 7) is 1.86. The fourth-order valence-electron chi connectivity index (χ4n) is 1.51. The van der Waals surface area contributed by atoms with Gasteiger partial charge in [-0.15, -0.1) is 0 Å². The number of hydrogen-bond donors (Lipinski definition) is 2. The van der Waals surface area contributed by atoms with Crippen molar-refractivity contribution >= 4 is 29.0 Å². The van der Waals surface area contributed by atoms with Gasteiger partial charge in [0.25, 0.3) is 5.91 Å². The van der Waals surface area contributed by atoms with Gasteiger partial charge in [0.05, 0.1) is 10.6 Å². The summed E-state index contributed by atoms with van der Waals surface area (Å²) in [6.07, 6.45) is 1.61. The molecule has 0 atom stereocenters. The Morgan fingerprint density at radius 2 is 2.17 bits per heavy atom. The molecular formula is C13H12ClN3O. The van der Waals surface area contributed by atoms with Gasteiger partial charge in [0.15, 0.2) is 0 Å². The summed E-state index contributed by atoms with van der Waals surface area (Å²) in [5.74, 6) is 0.190. The zero-order chi connectivity index (χ0) is 13.1. The Hall–Kier alpha value is -2.07. The van der Waals surface area contributed by atoms with Crippen LogP contribution in [0.15, 0.2) is 36.5 Å². The molecule has 3 N–H and O–H groups in total. The number of aryl methyl sites for hydroxylation is 1. The third-order valence-corrected chi connectivity index (χ3v) is 2.81. The second kappa shape index (κ2) is 5.06. The van der Waals surface area contributed by atoms with E-state index in [1.807, 2.05) is 13.0 Å². The van der Waals surface area contributed by atoms with Crippen molar-refractivity contribution in [1.29, 1.82) is 0 Å². The van der Waals surface area contributed by atoms with E-state index in [4.69, 9.17) is 17.3 Å². The molecule has 0 saturated heterocycles. The number of benzene rings is 1. The third kappa shape index (κ3) is 2.60. The Balaban J connectivity index is 2.28. The minimum absolute atomic E-state index is 0.325. The Morgan fingerprint density at radius 1 is 1.39 bits per heavy atom. The van der Waals surface area contributed by atoms with E-state index in [0.29, 0.717) is 22.1 Å². The highest BCUT2D eigenvalue weighted by molar-refractivity contribution is 6.34. The molecule has 18 heavy (non-hydrogen) atoms. The number of amides is 1. The molecule has 1 amide bonds. The van der Waals surface area contributed by atoms with Crippen LogP contribution < -0.4 is 11.1 Å². The predicted octanol–water partition coefficient (Wildman–Crippen LogP) is 2.88. The van der Waals surface area contributed by atoms with Gasteiger partial charge in [-0.2, -0.15) is 0 Å². The Bertz CT molecular complexity index is 599. The summed E-state index contributed by atoms with van der Waals surface area (Å²) in [6, 6.07) is 8.44. The minimum Gasteiger partial charge on any atom is -0.399 e. The molecule has 0 saturated carbocycles. The van der Waals surface area contributed by atoms with Crippen LogP contribution in [-0.4, -0.2) is 10.9 Å². The summed E-state index contributed by atoms with van der Waals surface area (Å²) < 4.78 is 0. The highest BCUT2D eigenvalue weighted by atomic mass is 35.5. The monoisotopic (exact) mass is 261 g/mol. The first-order chi connectivity index (χ1) is 8.58. The number of nitrogens with zero attached hydrogens (tertiary/aromatic N) is 1. The van der Waals surface area contributed by atoms with Crippen LogP contribution in [0.3, 0.4) is 0 Å². The molecule has 92 valence electrons. The molecule has 1 aromatic carbocycles. The molecule has 1 aromatic heterocycles. The zero-order valence-corrected chi connectivity index (χ0v) is 10.5. The molecule has 0 fully saturated rings. The van der Waals surface area contributed by atoms with E-state index in [9.17, 15) is 4.79 Å². The van der Waals surface area contributed by atoms with Crippen molar-refractivity contribution < 1.29 is 4.79 Å². The normalized spacial score (nSPS) is 10.1. The standard InChI is InChI=1S/C13H12ClN3O/c1-8-3-2-6-16-12(8)17-13(18)10-7-9(15)4-5-11(10)14/h2-7H,15H2,1H3,(H,16,17,18). The summed E-state index contributed by atoms with van der Waals surface area (Å²) in [4.78, 5) is 16.1. The molecule has 0 aliphatic carbocycles. The van der Waals surface area contributed by atoms with Gasteiger partial charge < -0.3 is 11.1 Å². The predicted molar refractivity (Wildman–Crippen MR) is 72.8 cm³/mol. The lowest BCUT2D eigenvalue weighted by molar-refractivity contribution is 0.102. The molecule has 0 aliphatic rings. The van der Waals surface area contributed by atoms with E-state index in [1.54, 1.807) is 24.4 Å². The molecular weight excluding hydrogens is 250 g/mol. The van der Waals surface area contributed by atoms with Crippen LogP contribution in [0.1, 0.15) is 15.9 Å². The fourth-order valence-corrected chi connectivity index (χ4v) is 1.71. The number of carbonyl (C=O) groups excluding carboxylic acids is 1. The molecule has 0 unspecified atom stereocenters. The first-order valence-corrected chi connectivity index (χ1v) is 5.73. The number of pyridine rings is 1. The van der Waals surface area contributed by atoms with Crippen LogP contribution >= 0.6 is 11.6 Å². The number of hydrogen-bond acceptors (Lipinski definition) is 3. The third-order valence-electron chi connectivity index (χ3n) is 2.48. The van der Waals surface area contributed by atoms with Crippen LogP contribution in [0.25, 0.3) is 0 Å². The summed E-state index contributed by atoms with van der Waals surface area (Å²) in [7, 11) is 0. The topological polar surface area (TPSA) is 68.0 Å². The summed E-state index contributed by atoms with van der Waals surface area (Å²) in [5, 5.41) is 3.06. The van der Waals surface area contributed by atoms with Crippen LogP contribution in [-0.2, 0) is 0 Å². The van der Waals surface area contributed by atoms with Crippen LogP contribution in [0.5, 0.6) is 0 Å². The van der Waals surface area contributed by atoms with Crippen molar-refractivity contribution in [2.24, 2.45) is 0 Å². The van der Waals surface area contributed by atoms with Gasteiger partial charge in [-0.3, -0.25) is 4.79 Å². The van der Waals surface area contributed by atoms with Gasteiger partial charge in [-0.05, 0) is 36.8 Å². The first-order valence-electron chi connectivity index (χ1n) is 5.36. The van der Waals surface area contributed by atoms with Crippen molar-refractivity contribution in [2.45, 2.75) is 6.92 Å². The lowest BCUT2D eigenvalue weighted by atomic mass is 10.2. The van der Waals surface area contributed by atoms with Crippen molar-refractivity contribution in [3.63, 3.8) is 0 Å². The molecule has 4 nitrogen and oxygen atoms in total. The van der Waals surface area contributed by atoms with Gasteiger partial charge >= 0.3 is 0 Å². The lowest BCUT2D eigenvalue weighted by Gasteiger charge is -2.08. The highest BCUT2D eigenvalue weighted by Gasteiger charge is 2.12. The number of aromatic nitrogens is 1. The number of halogens is 1. The number of carbonyl (C=O) groups is 1. The van der Waals surface area contributed by atoms with Crippen molar-refractivity contribution in [3.05, 3.63) is 52.7 Å². The second-order valence-electron chi connectivity index (χ2n) is 3.86.